The number of aromatic nitrogens is 1. The molecule has 2 rings (SSSR count). The van der Waals surface area contributed by atoms with Crippen molar-refractivity contribution in [1.82, 2.24) is 4.98 Å². The molecule has 2 N–H and O–H groups in total. The molecule has 0 saturated carbocycles. The number of para-hydroxylation sites is 1. The molecular weight excluding hydrogens is 202 g/mol. The number of carboxylic acids is 1. The molecule has 3 nitrogen and oxygen atoms in total. The van der Waals surface area contributed by atoms with Crippen molar-refractivity contribution in [3.05, 3.63) is 41.1 Å². The second-order valence-corrected chi connectivity index (χ2v) is 3.99. The second-order valence-electron chi connectivity index (χ2n) is 3.99. The van der Waals surface area contributed by atoms with Gasteiger partial charge in [0.2, 0.25) is 0 Å². The van der Waals surface area contributed by atoms with Crippen LogP contribution in [0.15, 0.2) is 29.8 Å². The fourth-order valence-electron chi connectivity index (χ4n) is 1.79. The number of fused-ring (bicyclic) bond motifs is 1. The minimum Gasteiger partial charge on any atom is -0.478 e. The first-order valence-corrected chi connectivity index (χ1v) is 5.08. The average molecular weight is 215 g/mol. The third-order valence-corrected chi connectivity index (χ3v) is 2.38. The first-order valence-electron chi connectivity index (χ1n) is 5.08. The van der Waals surface area contributed by atoms with Gasteiger partial charge in [0.05, 0.1) is 11.3 Å². The smallest absolute Gasteiger partial charge is 0.338 e. The fraction of sp³-hybridized carbons (Fsp3) is 0.154. The summed E-state index contributed by atoms with van der Waals surface area (Å²) in [6.45, 7) is 3.88. The summed E-state index contributed by atoms with van der Waals surface area (Å²) in [4.78, 5) is 14.3. The molecule has 16 heavy (non-hydrogen) atoms. The molecule has 82 valence electrons. The molecule has 0 spiro atoms. The van der Waals surface area contributed by atoms with Crippen molar-refractivity contribution in [2.24, 2.45) is 0 Å². The predicted octanol–water partition coefficient (Wildman–Crippen LogP) is 3.29. The van der Waals surface area contributed by atoms with E-state index in [0.29, 0.717) is 11.3 Å². The Labute approximate surface area is 93.4 Å². The molecule has 0 aliphatic carbocycles. The molecule has 0 amide bonds. The standard InChI is InChI=1S/C13H13NO2/c1-8(2)7-11-12(13(15)16)9-5-3-4-6-10(9)14-11/h3-7,14H,1-2H3,(H,15,16). The van der Waals surface area contributed by atoms with E-state index < -0.39 is 5.97 Å². The number of H-pyrrole nitrogens is 1. The summed E-state index contributed by atoms with van der Waals surface area (Å²) in [6.07, 6.45) is 1.85. The summed E-state index contributed by atoms with van der Waals surface area (Å²) in [5.41, 5.74) is 2.92. The zero-order valence-corrected chi connectivity index (χ0v) is 9.24. The second kappa shape index (κ2) is 3.85. The minimum atomic E-state index is -0.898. The lowest BCUT2D eigenvalue weighted by molar-refractivity contribution is 0.0699. The van der Waals surface area contributed by atoms with Crippen LogP contribution in [0, 0.1) is 0 Å². The fourth-order valence-corrected chi connectivity index (χ4v) is 1.79. The molecule has 0 radical (unpaired) electrons. The largest absolute Gasteiger partial charge is 0.478 e. The van der Waals surface area contributed by atoms with Crippen LogP contribution in [-0.4, -0.2) is 16.1 Å². The van der Waals surface area contributed by atoms with E-state index in [-0.39, 0.29) is 0 Å². The third kappa shape index (κ3) is 1.72. The molecule has 1 heterocycles. The van der Waals surface area contributed by atoms with Crippen LogP contribution in [0.25, 0.3) is 17.0 Å². The SMILES string of the molecule is CC(C)=Cc1[nH]c2ccccc2c1C(=O)O. The van der Waals surface area contributed by atoms with Gasteiger partial charge in [0.25, 0.3) is 0 Å². The molecule has 0 aliphatic rings. The molecule has 0 saturated heterocycles. The normalized spacial score (nSPS) is 10.4. The van der Waals surface area contributed by atoms with Crippen LogP contribution in [0.4, 0.5) is 0 Å². The lowest BCUT2D eigenvalue weighted by atomic mass is 10.1. The number of carboxylic acid groups (broad SMARTS) is 1. The monoisotopic (exact) mass is 215 g/mol. The Balaban J connectivity index is 2.78. The molecule has 0 bridgehead atoms. The maximum atomic E-state index is 11.2. The number of carbonyl (C=O) groups is 1. The molecule has 2 aromatic rings. The molecule has 1 aromatic heterocycles. The number of aromatic carboxylic acids is 1. The van der Waals surface area contributed by atoms with Crippen LogP contribution >= 0.6 is 0 Å². The summed E-state index contributed by atoms with van der Waals surface area (Å²) in [6, 6.07) is 7.42. The molecule has 0 aliphatic heterocycles. The van der Waals surface area contributed by atoms with Gasteiger partial charge in [-0.15, -0.1) is 0 Å². The summed E-state index contributed by atoms with van der Waals surface area (Å²) >= 11 is 0. The maximum absolute atomic E-state index is 11.2. The van der Waals surface area contributed by atoms with E-state index >= 15 is 0 Å². The number of rotatable bonds is 2. The summed E-state index contributed by atoms with van der Waals surface area (Å²) in [5.74, 6) is -0.898. The lowest BCUT2D eigenvalue weighted by Crippen LogP contribution is -1.97. The van der Waals surface area contributed by atoms with Gasteiger partial charge in [0, 0.05) is 10.9 Å². The summed E-state index contributed by atoms with van der Waals surface area (Å²) in [5, 5.41) is 9.97. The van der Waals surface area contributed by atoms with Gasteiger partial charge in [-0.25, -0.2) is 4.79 Å². The van der Waals surface area contributed by atoms with Gasteiger partial charge in [-0.3, -0.25) is 0 Å². The van der Waals surface area contributed by atoms with Crippen molar-refractivity contribution in [3.8, 4) is 0 Å². The molecule has 1 aromatic carbocycles. The van der Waals surface area contributed by atoms with Crippen molar-refractivity contribution in [1.29, 1.82) is 0 Å². The Morgan fingerprint density at radius 1 is 1.31 bits per heavy atom. The number of hydrogen-bond acceptors (Lipinski definition) is 1. The third-order valence-electron chi connectivity index (χ3n) is 2.38. The van der Waals surface area contributed by atoms with Crippen LogP contribution < -0.4 is 0 Å². The number of hydrogen-bond donors (Lipinski definition) is 2. The highest BCUT2D eigenvalue weighted by molar-refractivity contribution is 6.06. The minimum absolute atomic E-state index is 0.344. The van der Waals surface area contributed by atoms with Crippen molar-refractivity contribution in [3.63, 3.8) is 0 Å². The topological polar surface area (TPSA) is 53.1 Å². The molecule has 0 unspecified atom stereocenters. The highest BCUT2D eigenvalue weighted by Crippen LogP contribution is 2.24. The van der Waals surface area contributed by atoms with Gasteiger partial charge in [0.1, 0.15) is 0 Å². The molecule has 0 atom stereocenters. The Kier molecular flexibility index (Phi) is 2.52. The number of benzene rings is 1. The predicted molar refractivity (Wildman–Crippen MR) is 64.6 cm³/mol. The summed E-state index contributed by atoms with van der Waals surface area (Å²) < 4.78 is 0. The van der Waals surface area contributed by atoms with Crippen LogP contribution in [0.1, 0.15) is 29.9 Å². The number of nitrogens with one attached hydrogen (secondary N) is 1. The van der Waals surface area contributed by atoms with Gasteiger partial charge < -0.3 is 10.1 Å². The van der Waals surface area contributed by atoms with Gasteiger partial charge in [0.15, 0.2) is 0 Å². The Bertz CT molecular complexity index is 575. The van der Waals surface area contributed by atoms with Gasteiger partial charge >= 0.3 is 5.97 Å². The quantitative estimate of drug-likeness (QED) is 0.807. The number of aromatic amines is 1. The van der Waals surface area contributed by atoms with Crippen LogP contribution in [0.3, 0.4) is 0 Å². The van der Waals surface area contributed by atoms with Gasteiger partial charge in [-0.1, -0.05) is 23.8 Å². The molecule has 3 heteroatoms. The van der Waals surface area contributed by atoms with Crippen molar-refractivity contribution >= 4 is 22.9 Å². The van der Waals surface area contributed by atoms with E-state index in [1.807, 2.05) is 44.2 Å². The highest BCUT2D eigenvalue weighted by atomic mass is 16.4. The highest BCUT2D eigenvalue weighted by Gasteiger charge is 2.15. The van der Waals surface area contributed by atoms with Crippen molar-refractivity contribution in [2.45, 2.75) is 13.8 Å². The average Bonchev–Trinajstić information content (AvgIpc) is 2.53. The van der Waals surface area contributed by atoms with E-state index in [2.05, 4.69) is 4.98 Å². The van der Waals surface area contributed by atoms with E-state index in [9.17, 15) is 9.90 Å². The van der Waals surface area contributed by atoms with Crippen molar-refractivity contribution in [2.75, 3.05) is 0 Å². The first kappa shape index (κ1) is 10.5. The Morgan fingerprint density at radius 2 is 2.00 bits per heavy atom. The van der Waals surface area contributed by atoms with E-state index in [0.717, 1.165) is 16.5 Å². The van der Waals surface area contributed by atoms with Crippen LogP contribution in [-0.2, 0) is 0 Å². The zero-order valence-electron chi connectivity index (χ0n) is 9.24. The van der Waals surface area contributed by atoms with Gasteiger partial charge in [-0.2, -0.15) is 0 Å². The zero-order chi connectivity index (χ0) is 11.7. The van der Waals surface area contributed by atoms with E-state index in [4.69, 9.17) is 0 Å². The van der Waals surface area contributed by atoms with Crippen molar-refractivity contribution < 1.29 is 9.90 Å². The van der Waals surface area contributed by atoms with Gasteiger partial charge in [-0.05, 0) is 26.0 Å². The maximum Gasteiger partial charge on any atom is 0.338 e. The summed E-state index contributed by atoms with van der Waals surface area (Å²) in [7, 11) is 0. The van der Waals surface area contributed by atoms with Crippen LogP contribution in [0.2, 0.25) is 0 Å². The lowest BCUT2D eigenvalue weighted by Gasteiger charge is -1.95. The Hall–Kier alpha value is -2.03. The van der Waals surface area contributed by atoms with E-state index in [1.54, 1.807) is 0 Å². The Morgan fingerprint density at radius 3 is 2.62 bits per heavy atom. The number of allylic oxidation sites excluding steroid dienone is 1. The molecular formula is C13H13NO2. The molecule has 0 fully saturated rings. The first-order chi connectivity index (χ1) is 7.59. The van der Waals surface area contributed by atoms with Crippen LogP contribution in [0.5, 0.6) is 0 Å². The van der Waals surface area contributed by atoms with E-state index in [1.165, 1.54) is 0 Å².